The van der Waals surface area contributed by atoms with Gasteiger partial charge in [-0.05, 0) is 85.6 Å². The lowest BCUT2D eigenvalue weighted by atomic mass is 9.92. The van der Waals surface area contributed by atoms with Crippen molar-refractivity contribution in [2.75, 3.05) is 18.4 Å². The van der Waals surface area contributed by atoms with Gasteiger partial charge < -0.3 is 5.32 Å². The van der Waals surface area contributed by atoms with E-state index in [4.69, 9.17) is 4.98 Å². The smallest absolute Gasteiger partial charge is 0.125 e. The van der Waals surface area contributed by atoms with Crippen LogP contribution in [0.25, 0.3) is 22.4 Å². The zero-order chi connectivity index (χ0) is 28.1. The van der Waals surface area contributed by atoms with E-state index in [1.165, 1.54) is 16.7 Å². The lowest BCUT2D eigenvalue weighted by Gasteiger charge is -2.33. The van der Waals surface area contributed by atoms with Gasteiger partial charge in [0.25, 0.3) is 0 Å². The van der Waals surface area contributed by atoms with Gasteiger partial charge in [-0.1, -0.05) is 81.1 Å². The lowest BCUT2D eigenvalue weighted by molar-refractivity contribution is 0.192. The van der Waals surface area contributed by atoms with Gasteiger partial charge in [-0.15, -0.1) is 0 Å². The van der Waals surface area contributed by atoms with Crippen molar-refractivity contribution in [2.24, 2.45) is 5.92 Å². The maximum atomic E-state index is 14.0. The van der Waals surface area contributed by atoms with Gasteiger partial charge in [0.1, 0.15) is 5.82 Å². The van der Waals surface area contributed by atoms with E-state index in [2.05, 4.69) is 92.2 Å². The second-order valence-electron chi connectivity index (χ2n) is 11.2. The third kappa shape index (κ3) is 6.51. The molecule has 0 amide bonds. The minimum absolute atomic E-state index is 0.211. The lowest BCUT2D eigenvalue weighted by Crippen LogP contribution is -2.34. The number of anilines is 1. The summed E-state index contributed by atoms with van der Waals surface area (Å²) in [5, 5.41) is 3.48. The Labute approximate surface area is 238 Å². The summed E-state index contributed by atoms with van der Waals surface area (Å²) < 4.78 is 14.0. The van der Waals surface area contributed by atoms with E-state index >= 15 is 0 Å². The van der Waals surface area contributed by atoms with Gasteiger partial charge in [-0.3, -0.25) is 9.88 Å². The van der Waals surface area contributed by atoms with Crippen molar-refractivity contribution in [1.82, 2.24) is 9.88 Å². The van der Waals surface area contributed by atoms with Crippen molar-refractivity contribution in [3.05, 3.63) is 120 Å². The monoisotopic (exact) mass is 533 g/mol. The average Bonchev–Trinajstić information content (AvgIpc) is 2.98. The Morgan fingerprint density at radius 2 is 1.73 bits per heavy atom. The summed E-state index contributed by atoms with van der Waals surface area (Å²) in [5.41, 5.74) is 9.99. The maximum Gasteiger partial charge on any atom is 0.125 e. The van der Waals surface area contributed by atoms with Crippen LogP contribution in [0.2, 0.25) is 0 Å². The number of aryl methyl sites for hydroxylation is 1. The highest BCUT2D eigenvalue weighted by Crippen LogP contribution is 2.33. The number of piperidine rings is 1. The van der Waals surface area contributed by atoms with Crippen LogP contribution in [0.1, 0.15) is 55.7 Å². The molecular weight excluding hydrogens is 493 g/mol. The maximum absolute atomic E-state index is 14.0. The van der Waals surface area contributed by atoms with Crippen molar-refractivity contribution in [2.45, 2.75) is 52.5 Å². The highest BCUT2D eigenvalue weighted by atomic mass is 19.1. The minimum atomic E-state index is -0.211. The predicted molar refractivity (Wildman–Crippen MR) is 166 cm³/mol. The number of likely N-dealkylation sites (tertiary alicyclic amines) is 1. The molecule has 3 nitrogen and oxygen atoms in total. The molecule has 0 saturated carbocycles. The standard InChI is InChI=1S/C36H40FN3/c1-5-26(3)33-16-15-32(37)22-35(33)39-27(4)29-17-19-40(20-18-29)24-28-11-13-31(14-12-28)36-34(21-25(2)23-38-36)30-9-7-6-8-10-30/h6-16,21-23,26,29,39H,4-5,17-20,24H2,1-3H3. The first kappa shape index (κ1) is 27.8. The van der Waals surface area contributed by atoms with E-state index in [1.54, 1.807) is 12.1 Å². The number of aromatic nitrogens is 1. The molecule has 206 valence electrons. The molecule has 1 aliphatic rings. The topological polar surface area (TPSA) is 28.2 Å². The highest BCUT2D eigenvalue weighted by Gasteiger charge is 2.23. The van der Waals surface area contributed by atoms with Crippen LogP contribution in [0.3, 0.4) is 0 Å². The van der Waals surface area contributed by atoms with Gasteiger partial charge >= 0.3 is 0 Å². The molecule has 2 heterocycles. The number of allylic oxidation sites excluding steroid dienone is 1. The molecule has 1 atom stereocenters. The van der Waals surface area contributed by atoms with Crippen LogP contribution in [0.5, 0.6) is 0 Å². The Morgan fingerprint density at radius 1 is 1.00 bits per heavy atom. The Hall–Kier alpha value is -3.76. The van der Waals surface area contributed by atoms with Gasteiger partial charge in [0.15, 0.2) is 0 Å². The highest BCUT2D eigenvalue weighted by molar-refractivity contribution is 5.81. The van der Waals surface area contributed by atoms with Crippen LogP contribution in [0.4, 0.5) is 10.1 Å². The Kier molecular flexibility index (Phi) is 8.76. The fraction of sp³-hybridized carbons (Fsp3) is 0.306. The summed E-state index contributed by atoms with van der Waals surface area (Å²) >= 11 is 0. The van der Waals surface area contributed by atoms with Gasteiger partial charge in [0.2, 0.25) is 0 Å². The second-order valence-corrected chi connectivity index (χ2v) is 11.2. The van der Waals surface area contributed by atoms with Gasteiger partial charge in [-0.25, -0.2) is 4.39 Å². The number of halogens is 1. The summed E-state index contributed by atoms with van der Waals surface area (Å²) in [5.74, 6) is 0.546. The summed E-state index contributed by atoms with van der Waals surface area (Å²) in [7, 11) is 0. The van der Waals surface area contributed by atoms with E-state index in [-0.39, 0.29) is 5.82 Å². The Morgan fingerprint density at radius 3 is 2.42 bits per heavy atom. The van der Waals surface area contributed by atoms with Crippen LogP contribution < -0.4 is 5.32 Å². The van der Waals surface area contributed by atoms with Gasteiger partial charge in [0, 0.05) is 41.2 Å². The minimum Gasteiger partial charge on any atom is -0.359 e. The number of hydrogen-bond acceptors (Lipinski definition) is 3. The third-order valence-electron chi connectivity index (χ3n) is 8.28. The number of pyridine rings is 1. The summed E-state index contributed by atoms with van der Waals surface area (Å²) in [6.45, 7) is 13.8. The van der Waals surface area contributed by atoms with Crippen molar-refractivity contribution in [3.8, 4) is 22.4 Å². The second kappa shape index (κ2) is 12.6. The molecule has 40 heavy (non-hydrogen) atoms. The fourth-order valence-corrected chi connectivity index (χ4v) is 5.66. The van der Waals surface area contributed by atoms with Crippen LogP contribution >= 0.6 is 0 Å². The molecule has 0 aliphatic carbocycles. The number of benzene rings is 3. The van der Waals surface area contributed by atoms with E-state index < -0.39 is 0 Å². The first-order valence-corrected chi connectivity index (χ1v) is 14.5. The van der Waals surface area contributed by atoms with Crippen LogP contribution in [-0.2, 0) is 6.54 Å². The Bertz CT molecular complexity index is 1440. The number of nitrogens with one attached hydrogen (secondary N) is 1. The molecule has 1 fully saturated rings. The third-order valence-corrected chi connectivity index (χ3v) is 8.28. The van der Waals surface area contributed by atoms with Gasteiger partial charge in [-0.2, -0.15) is 0 Å². The summed E-state index contributed by atoms with van der Waals surface area (Å²) in [6.07, 6.45) is 5.06. The van der Waals surface area contributed by atoms with E-state index in [9.17, 15) is 4.39 Å². The summed E-state index contributed by atoms with van der Waals surface area (Å²) in [6, 6.07) is 26.6. The average molecular weight is 534 g/mol. The quantitative estimate of drug-likeness (QED) is 0.232. The first-order chi connectivity index (χ1) is 19.4. The normalized spacial score (nSPS) is 15.1. The van der Waals surface area contributed by atoms with Crippen molar-refractivity contribution in [3.63, 3.8) is 0 Å². The van der Waals surface area contributed by atoms with Crippen LogP contribution in [0.15, 0.2) is 97.3 Å². The SMILES string of the molecule is C=C(Nc1cc(F)ccc1C(C)CC)C1CCN(Cc2ccc(-c3ncc(C)cc3-c3ccccc3)cc2)CC1. The summed E-state index contributed by atoms with van der Waals surface area (Å²) in [4.78, 5) is 7.32. The van der Waals surface area contributed by atoms with Crippen molar-refractivity contribution >= 4 is 5.69 Å². The molecule has 0 bridgehead atoms. The molecular formula is C36H40FN3. The predicted octanol–water partition coefficient (Wildman–Crippen LogP) is 9.21. The van der Waals surface area contributed by atoms with E-state index in [0.717, 1.165) is 72.7 Å². The van der Waals surface area contributed by atoms with Crippen molar-refractivity contribution < 1.29 is 4.39 Å². The Balaban J connectivity index is 1.20. The van der Waals surface area contributed by atoms with Gasteiger partial charge in [0.05, 0.1) is 5.69 Å². The molecule has 0 radical (unpaired) electrons. The largest absolute Gasteiger partial charge is 0.359 e. The zero-order valence-corrected chi connectivity index (χ0v) is 24.0. The molecule has 5 rings (SSSR count). The number of nitrogens with zero attached hydrogens (tertiary/aromatic N) is 2. The first-order valence-electron chi connectivity index (χ1n) is 14.5. The molecule has 3 aromatic carbocycles. The molecule has 1 aromatic heterocycles. The fourth-order valence-electron chi connectivity index (χ4n) is 5.66. The van der Waals surface area contributed by atoms with E-state index in [1.807, 2.05) is 18.3 Å². The number of rotatable bonds is 9. The molecule has 0 spiro atoms. The molecule has 4 aromatic rings. The molecule has 1 aliphatic heterocycles. The molecule has 1 saturated heterocycles. The van der Waals surface area contributed by atoms with E-state index in [0.29, 0.717) is 11.8 Å². The zero-order valence-electron chi connectivity index (χ0n) is 24.0. The molecule has 4 heteroatoms. The number of hydrogen-bond donors (Lipinski definition) is 1. The molecule has 1 N–H and O–H groups in total. The van der Waals surface area contributed by atoms with Crippen LogP contribution in [0, 0.1) is 18.7 Å². The molecule has 1 unspecified atom stereocenters. The van der Waals surface area contributed by atoms with Crippen LogP contribution in [-0.4, -0.2) is 23.0 Å². The van der Waals surface area contributed by atoms with Crippen molar-refractivity contribution in [1.29, 1.82) is 0 Å².